The molecule has 4 aromatic rings. The number of anilines is 1. The molecule has 0 unspecified atom stereocenters. The maximum absolute atomic E-state index is 12.5. The summed E-state index contributed by atoms with van der Waals surface area (Å²) in [7, 11) is 0. The average Bonchev–Trinajstić information content (AvgIpc) is 2.80. The van der Waals surface area contributed by atoms with Crippen molar-refractivity contribution in [2.24, 2.45) is 0 Å². The molecule has 2 aromatic carbocycles. The highest BCUT2D eigenvalue weighted by atomic mass is 16.2. The summed E-state index contributed by atoms with van der Waals surface area (Å²) in [6, 6.07) is 8.83. The molecule has 12 heteroatoms. The standard InChI is InChI=1S/C21H18N6O6/c1-2-27-14-7-6-10(8-13(14)24-20(32)21(27)33)17(29)22-9-15(28)23-12-5-3-4-11-16(12)19(31)26-25-18(11)30/h3-8H,2,9H2,1H3,(H,22,29)(H,23,28)(H,24,32)(H,25,30)(H,26,31). The van der Waals surface area contributed by atoms with Crippen LogP contribution in [0, 0.1) is 0 Å². The van der Waals surface area contributed by atoms with Crippen molar-refractivity contribution in [3.63, 3.8) is 0 Å². The van der Waals surface area contributed by atoms with E-state index in [4.69, 9.17) is 0 Å². The molecule has 0 radical (unpaired) electrons. The van der Waals surface area contributed by atoms with Gasteiger partial charge < -0.3 is 20.2 Å². The van der Waals surface area contributed by atoms with Gasteiger partial charge in [-0.3, -0.25) is 39.0 Å². The van der Waals surface area contributed by atoms with Gasteiger partial charge in [0, 0.05) is 12.1 Å². The van der Waals surface area contributed by atoms with Crippen molar-refractivity contribution in [3.05, 3.63) is 83.4 Å². The molecule has 2 heterocycles. The molecule has 0 bridgehead atoms. The summed E-state index contributed by atoms with van der Waals surface area (Å²) in [5.41, 5.74) is -1.53. The molecule has 2 amide bonds. The van der Waals surface area contributed by atoms with Crippen molar-refractivity contribution in [1.29, 1.82) is 0 Å². The third kappa shape index (κ3) is 3.96. The van der Waals surface area contributed by atoms with Gasteiger partial charge in [-0.2, -0.15) is 0 Å². The average molecular weight is 450 g/mol. The SMILES string of the molecule is CCn1c(=O)c(=O)[nH]c2cc(C(=O)NCC(=O)Nc3cccc4c(=O)[nH][nH]c(=O)c34)ccc21. The molecule has 0 atom stereocenters. The number of carbonyl (C=O) groups excluding carboxylic acids is 2. The molecular formula is C21H18N6O6. The summed E-state index contributed by atoms with van der Waals surface area (Å²) in [4.78, 5) is 75.0. The number of nitrogens with one attached hydrogen (secondary N) is 5. The number of carbonyl (C=O) groups is 2. The van der Waals surface area contributed by atoms with Gasteiger partial charge in [0.15, 0.2) is 0 Å². The zero-order valence-corrected chi connectivity index (χ0v) is 17.3. The van der Waals surface area contributed by atoms with Crippen LogP contribution in [-0.2, 0) is 11.3 Å². The Hall–Kier alpha value is -4.74. The van der Waals surface area contributed by atoms with Crippen LogP contribution in [0.1, 0.15) is 17.3 Å². The number of fused-ring (bicyclic) bond motifs is 2. The molecular weight excluding hydrogens is 432 g/mol. The van der Waals surface area contributed by atoms with E-state index in [1.807, 2.05) is 0 Å². The number of hydrogen-bond donors (Lipinski definition) is 5. The van der Waals surface area contributed by atoms with Gasteiger partial charge in [0.25, 0.3) is 17.0 Å². The van der Waals surface area contributed by atoms with Crippen molar-refractivity contribution in [3.8, 4) is 0 Å². The maximum atomic E-state index is 12.5. The molecule has 4 rings (SSSR count). The number of rotatable bonds is 5. The minimum atomic E-state index is -0.801. The molecule has 33 heavy (non-hydrogen) atoms. The molecule has 0 aliphatic heterocycles. The highest BCUT2D eigenvalue weighted by molar-refractivity contribution is 6.04. The maximum Gasteiger partial charge on any atom is 0.316 e. The topological polar surface area (TPSA) is 179 Å². The molecule has 0 saturated carbocycles. The van der Waals surface area contributed by atoms with E-state index in [0.29, 0.717) is 11.0 Å². The predicted molar refractivity (Wildman–Crippen MR) is 121 cm³/mol. The van der Waals surface area contributed by atoms with Gasteiger partial charge in [0.05, 0.1) is 34.0 Å². The minimum absolute atomic E-state index is 0.0152. The summed E-state index contributed by atoms with van der Waals surface area (Å²) in [6.07, 6.45) is 0. The lowest BCUT2D eigenvalue weighted by molar-refractivity contribution is -0.115. The van der Waals surface area contributed by atoms with Crippen molar-refractivity contribution in [2.75, 3.05) is 11.9 Å². The van der Waals surface area contributed by atoms with Crippen LogP contribution in [0.2, 0.25) is 0 Å². The number of aryl methyl sites for hydroxylation is 1. The van der Waals surface area contributed by atoms with E-state index in [1.54, 1.807) is 6.92 Å². The molecule has 0 fully saturated rings. The molecule has 0 spiro atoms. The van der Waals surface area contributed by atoms with E-state index in [2.05, 4.69) is 25.8 Å². The first-order valence-electron chi connectivity index (χ1n) is 9.88. The number of amides is 2. The highest BCUT2D eigenvalue weighted by Gasteiger charge is 2.14. The van der Waals surface area contributed by atoms with Crippen molar-refractivity contribution >= 4 is 39.3 Å². The first-order chi connectivity index (χ1) is 15.8. The number of benzene rings is 2. The van der Waals surface area contributed by atoms with Crippen LogP contribution in [0.4, 0.5) is 5.69 Å². The third-order valence-electron chi connectivity index (χ3n) is 5.06. The minimum Gasteiger partial charge on any atom is -0.343 e. The van der Waals surface area contributed by atoms with Crippen LogP contribution in [0.3, 0.4) is 0 Å². The second kappa shape index (κ2) is 8.42. The molecule has 168 valence electrons. The fraction of sp³-hybridized carbons (Fsp3) is 0.143. The van der Waals surface area contributed by atoms with Crippen LogP contribution in [-0.4, -0.2) is 38.1 Å². The van der Waals surface area contributed by atoms with Crippen LogP contribution in [0.25, 0.3) is 21.8 Å². The Morgan fingerprint density at radius 2 is 1.73 bits per heavy atom. The van der Waals surface area contributed by atoms with E-state index >= 15 is 0 Å². The fourth-order valence-corrected chi connectivity index (χ4v) is 3.53. The Bertz CT molecular complexity index is 1660. The summed E-state index contributed by atoms with van der Waals surface area (Å²) in [5, 5.41) is 9.48. The Kier molecular flexibility index (Phi) is 5.48. The van der Waals surface area contributed by atoms with E-state index in [9.17, 15) is 28.8 Å². The number of aromatic nitrogens is 4. The summed E-state index contributed by atoms with van der Waals surface area (Å²) >= 11 is 0. The predicted octanol–water partition coefficient (Wildman–Crippen LogP) is -0.392. The zero-order chi connectivity index (χ0) is 23.7. The second-order valence-corrected chi connectivity index (χ2v) is 7.10. The van der Waals surface area contributed by atoms with Gasteiger partial charge in [0.2, 0.25) is 5.91 Å². The van der Waals surface area contributed by atoms with E-state index in [1.165, 1.54) is 41.0 Å². The van der Waals surface area contributed by atoms with Crippen LogP contribution in [0.5, 0.6) is 0 Å². The van der Waals surface area contributed by atoms with E-state index in [-0.39, 0.29) is 28.6 Å². The Labute approximate surface area is 183 Å². The van der Waals surface area contributed by atoms with Crippen molar-refractivity contribution in [2.45, 2.75) is 13.5 Å². The zero-order valence-electron chi connectivity index (χ0n) is 17.3. The first kappa shape index (κ1) is 21.5. The van der Waals surface area contributed by atoms with Crippen molar-refractivity contribution < 1.29 is 9.59 Å². The van der Waals surface area contributed by atoms with Crippen LogP contribution >= 0.6 is 0 Å². The first-order valence-corrected chi connectivity index (χ1v) is 9.88. The lowest BCUT2D eigenvalue weighted by atomic mass is 10.1. The molecule has 0 aliphatic rings. The lowest BCUT2D eigenvalue weighted by Crippen LogP contribution is -2.36. The smallest absolute Gasteiger partial charge is 0.316 e. The number of nitrogens with zero attached hydrogens (tertiary/aromatic N) is 1. The summed E-state index contributed by atoms with van der Waals surface area (Å²) in [6.45, 7) is 1.59. The molecule has 5 N–H and O–H groups in total. The van der Waals surface area contributed by atoms with Gasteiger partial charge in [-0.15, -0.1) is 0 Å². The summed E-state index contributed by atoms with van der Waals surface area (Å²) in [5.74, 6) is -1.21. The number of hydrogen-bond acceptors (Lipinski definition) is 6. The monoisotopic (exact) mass is 450 g/mol. The fourth-order valence-electron chi connectivity index (χ4n) is 3.53. The normalized spacial score (nSPS) is 10.9. The third-order valence-corrected chi connectivity index (χ3v) is 5.06. The lowest BCUT2D eigenvalue weighted by Gasteiger charge is -2.10. The van der Waals surface area contributed by atoms with E-state index < -0.39 is 40.6 Å². The Morgan fingerprint density at radius 3 is 2.48 bits per heavy atom. The van der Waals surface area contributed by atoms with Gasteiger partial charge in [-0.05, 0) is 37.3 Å². The second-order valence-electron chi connectivity index (χ2n) is 7.10. The van der Waals surface area contributed by atoms with Crippen LogP contribution < -0.4 is 32.9 Å². The van der Waals surface area contributed by atoms with E-state index in [0.717, 1.165) is 0 Å². The van der Waals surface area contributed by atoms with Gasteiger partial charge in [-0.25, -0.2) is 0 Å². The molecule has 2 aromatic heterocycles. The number of H-pyrrole nitrogens is 3. The highest BCUT2D eigenvalue weighted by Crippen LogP contribution is 2.16. The quantitative estimate of drug-likeness (QED) is 0.258. The Balaban J connectivity index is 1.52. The van der Waals surface area contributed by atoms with Crippen molar-refractivity contribution in [1.82, 2.24) is 25.1 Å². The molecule has 12 nitrogen and oxygen atoms in total. The number of aromatic amines is 3. The Morgan fingerprint density at radius 1 is 0.970 bits per heavy atom. The molecule has 0 aliphatic carbocycles. The van der Waals surface area contributed by atoms with Gasteiger partial charge in [-0.1, -0.05) is 6.07 Å². The molecule has 0 saturated heterocycles. The largest absolute Gasteiger partial charge is 0.343 e. The van der Waals surface area contributed by atoms with Gasteiger partial charge >= 0.3 is 11.1 Å². The summed E-state index contributed by atoms with van der Waals surface area (Å²) < 4.78 is 1.29. The van der Waals surface area contributed by atoms with Crippen LogP contribution in [0.15, 0.2) is 55.6 Å². The van der Waals surface area contributed by atoms with Gasteiger partial charge in [0.1, 0.15) is 0 Å².